The van der Waals surface area contributed by atoms with Crippen LogP contribution in [0.2, 0.25) is 0 Å². The fraction of sp³-hybridized carbons (Fsp3) is 0.667. The third-order valence-corrected chi connectivity index (χ3v) is 3.99. The molecule has 0 bridgehead atoms. The number of nitrogens with zero attached hydrogens (tertiary/aromatic N) is 3. The van der Waals surface area contributed by atoms with Gasteiger partial charge in [-0.15, -0.1) is 0 Å². The van der Waals surface area contributed by atoms with Crippen LogP contribution in [-0.2, 0) is 6.18 Å². The largest absolute Gasteiger partial charge is 0.433 e. The Hall–Kier alpha value is -1.37. The Kier molecular flexibility index (Phi) is 2.88. The fourth-order valence-electron chi connectivity index (χ4n) is 2.91. The average Bonchev–Trinajstić information content (AvgIpc) is 3.00. The van der Waals surface area contributed by atoms with E-state index in [1.807, 2.05) is 4.90 Å². The fourth-order valence-corrected chi connectivity index (χ4v) is 2.91. The van der Waals surface area contributed by atoms with Gasteiger partial charge >= 0.3 is 6.18 Å². The molecule has 0 saturated carbocycles. The van der Waals surface area contributed by atoms with Gasteiger partial charge in [0.05, 0.1) is 0 Å². The molecular formula is C12H15F3N4. The number of halogens is 3. The van der Waals surface area contributed by atoms with Gasteiger partial charge in [-0.25, -0.2) is 9.97 Å². The van der Waals surface area contributed by atoms with E-state index in [-0.39, 0.29) is 11.4 Å². The first-order chi connectivity index (χ1) is 8.99. The van der Waals surface area contributed by atoms with Gasteiger partial charge in [0.15, 0.2) is 0 Å². The average molecular weight is 272 g/mol. The highest BCUT2D eigenvalue weighted by molar-refractivity contribution is 5.34. The third kappa shape index (κ3) is 2.39. The summed E-state index contributed by atoms with van der Waals surface area (Å²) < 4.78 is 37.9. The molecule has 0 aromatic carbocycles. The highest BCUT2D eigenvalue weighted by Gasteiger charge is 2.41. The van der Waals surface area contributed by atoms with Crippen molar-refractivity contribution >= 4 is 5.95 Å². The van der Waals surface area contributed by atoms with E-state index in [2.05, 4.69) is 15.3 Å². The molecule has 2 saturated heterocycles. The van der Waals surface area contributed by atoms with E-state index in [1.165, 1.54) is 6.20 Å². The van der Waals surface area contributed by atoms with E-state index in [1.54, 1.807) is 0 Å². The molecule has 0 aliphatic carbocycles. The quantitative estimate of drug-likeness (QED) is 0.844. The van der Waals surface area contributed by atoms with Crippen LogP contribution in [0.1, 0.15) is 18.5 Å². The van der Waals surface area contributed by atoms with Crippen molar-refractivity contribution in [1.29, 1.82) is 0 Å². The third-order valence-electron chi connectivity index (χ3n) is 3.99. The molecule has 3 heterocycles. The number of nitrogens with one attached hydrogen (secondary N) is 1. The van der Waals surface area contributed by atoms with E-state index in [0.29, 0.717) is 0 Å². The second-order valence-corrected chi connectivity index (χ2v) is 5.34. The van der Waals surface area contributed by atoms with Crippen LogP contribution in [0.25, 0.3) is 0 Å². The molecule has 1 atom stereocenters. The van der Waals surface area contributed by atoms with Gasteiger partial charge in [-0.3, -0.25) is 0 Å². The smallest absolute Gasteiger partial charge is 0.340 e. The summed E-state index contributed by atoms with van der Waals surface area (Å²) >= 11 is 0. The van der Waals surface area contributed by atoms with E-state index in [0.717, 1.165) is 45.1 Å². The van der Waals surface area contributed by atoms with Crippen LogP contribution in [0.4, 0.5) is 19.1 Å². The summed E-state index contributed by atoms with van der Waals surface area (Å²) in [6.07, 6.45) is -1.17. The summed E-state index contributed by atoms with van der Waals surface area (Å²) in [5.74, 6) is 0.193. The van der Waals surface area contributed by atoms with E-state index in [9.17, 15) is 13.2 Å². The van der Waals surface area contributed by atoms with Gasteiger partial charge in [-0.1, -0.05) is 0 Å². The lowest BCUT2D eigenvalue weighted by atomic mass is 9.87. The van der Waals surface area contributed by atoms with Crippen molar-refractivity contribution in [3.05, 3.63) is 18.0 Å². The first-order valence-electron chi connectivity index (χ1n) is 6.35. The van der Waals surface area contributed by atoms with Crippen molar-refractivity contribution < 1.29 is 13.2 Å². The van der Waals surface area contributed by atoms with E-state index >= 15 is 0 Å². The summed E-state index contributed by atoms with van der Waals surface area (Å²) in [4.78, 5) is 9.50. The Morgan fingerprint density at radius 3 is 2.84 bits per heavy atom. The number of hydrogen-bond donors (Lipinski definition) is 1. The first-order valence-corrected chi connectivity index (χ1v) is 6.35. The molecule has 0 radical (unpaired) electrons. The molecule has 2 fully saturated rings. The summed E-state index contributed by atoms with van der Waals surface area (Å²) in [6, 6.07) is 0.909. The SMILES string of the molecule is FC(F)(F)c1ccnc(N2CCC3(CCNC3)C2)n1. The zero-order valence-electron chi connectivity index (χ0n) is 10.4. The Morgan fingerprint density at radius 1 is 1.32 bits per heavy atom. The minimum Gasteiger partial charge on any atom is -0.340 e. The van der Waals surface area contributed by atoms with Gasteiger partial charge in [0.2, 0.25) is 5.95 Å². The summed E-state index contributed by atoms with van der Waals surface area (Å²) in [7, 11) is 0. The maximum atomic E-state index is 12.6. The molecule has 7 heteroatoms. The second kappa shape index (κ2) is 4.33. The first kappa shape index (κ1) is 12.7. The molecule has 1 aromatic heterocycles. The maximum absolute atomic E-state index is 12.6. The molecule has 1 unspecified atom stereocenters. The molecule has 104 valence electrons. The minimum atomic E-state index is -4.41. The number of aromatic nitrogens is 2. The number of hydrogen-bond acceptors (Lipinski definition) is 4. The van der Waals surface area contributed by atoms with Crippen LogP contribution in [0, 0.1) is 5.41 Å². The van der Waals surface area contributed by atoms with Crippen LogP contribution >= 0.6 is 0 Å². The van der Waals surface area contributed by atoms with Gasteiger partial charge in [0, 0.05) is 31.2 Å². The monoisotopic (exact) mass is 272 g/mol. The summed E-state index contributed by atoms with van der Waals surface area (Å²) in [5.41, 5.74) is -0.680. The summed E-state index contributed by atoms with van der Waals surface area (Å²) in [6.45, 7) is 3.38. The van der Waals surface area contributed by atoms with Crippen molar-refractivity contribution in [1.82, 2.24) is 15.3 Å². The molecule has 1 spiro atoms. The Labute approximate surface area is 109 Å². The van der Waals surface area contributed by atoms with Crippen molar-refractivity contribution in [2.75, 3.05) is 31.1 Å². The topological polar surface area (TPSA) is 41.1 Å². The van der Waals surface area contributed by atoms with Gasteiger partial charge in [-0.05, 0) is 25.5 Å². The van der Waals surface area contributed by atoms with Crippen LogP contribution in [0.3, 0.4) is 0 Å². The maximum Gasteiger partial charge on any atom is 0.433 e. The summed E-state index contributed by atoms with van der Waals surface area (Å²) in [5, 5.41) is 3.32. The highest BCUT2D eigenvalue weighted by Crippen LogP contribution is 2.37. The van der Waals surface area contributed by atoms with Crippen LogP contribution < -0.4 is 10.2 Å². The van der Waals surface area contributed by atoms with E-state index < -0.39 is 11.9 Å². The van der Waals surface area contributed by atoms with Gasteiger partial charge in [0.25, 0.3) is 0 Å². The molecule has 2 aliphatic rings. The molecule has 19 heavy (non-hydrogen) atoms. The van der Waals surface area contributed by atoms with Crippen molar-refractivity contribution in [2.24, 2.45) is 5.41 Å². The van der Waals surface area contributed by atoms with Crippen molar-refractivity contribution in [3.63, 3.8) is 0 Å². The molecule has 4 nitrogen and oxygen atoms in total. The van der Waals surface area contributed by atoms with Crippen molar-refractivity contribution in [3.8, 4) is 0 Å². The Balaban J connectivity index is 1.80. The highest BCUT2D eigenvalue weighted by atomic mass is 19.4. The number of anilines is 1. The molecule has 3 rings (SSSR count). The molecular weight excluding hydrogens is 257 g/mol. The molecule has 1 aromatic rings. The molecule has 1 N–H and O–H groups in total. The second-order valence-electron chi connectivity index (χ2n) is 5.34. The minimum absolute atomic E-state index is 0.192. The Morgan fingerprint density at radius 2 is 2.16 bits per heavy atom. The predicted molar refractivity (Wildman–Crippen MR) is 63.8 cm³/mol. The lowest BCUT2D eigenvalue weighted by Gasteiger charge is -2.22. The van der Waals surface area contributed by atoms with Gasteiger partial charge < -0.3 is 10.2 Å². The van der Waals surface area contributed by atoms with Gasteiger partial charge in [0.1, 0.15) is 5.69 Å². The predicted octanol–water partition coefficient (Wildman–Crippen LogP) is 1.69. The standard InChI is InChI=1S/C12H15F3N4/c13-12(14,15)9-1-4-17-10(18-9)19-6-3-11(8-19)2-5-16-7-11/h1,4,16H,2-3,5-8H2. The van der Waals surface area contributed by atoms with Crippen molar-refractivity contribution in [2.45, 2.75) is 19.0 Å². The molecule has 0 amide bonds. The van der Waals surface area contributed by atoms with E-state index in [4.69, 9.17) is 0 Å². The zero-order chi connectivity index (χ0) is 13.5. The molecule has 2 aliphatic heterocycles. The number of alkyl halides is 3. The van der Waals surface area contributed by atoms with Crippen LogP contribution in [0.15, 0.2) is 12.3 Å². The Bertz CT molecular complexity index is 468. The van der Waals surface area contributed by atoms with Gasteiger partial charge in [-0.2, -0.15) is 13.2 Å². The van der Waals surface area contributed by atoms with Crippen LogP contribution in [-0.4, -0.2) is 36.1 Å². The number of rotatable bonds is 1. The normalized spacial score (nSPS) is 27.4. The zero-order valence-corrected chi connectivity index (χ0v) is 10.4. The lowest BCUT2D eigenvalue weighted by Crippen LogP contribution is -2.30. The lowest BCUT2D eigenvalue weighted by molar-refractivity contribution is -0.141. The van der Waals surface area contributed by atoms with Crippen LogP contribution in [0.5, 0.6) is 0 Å².